The molecule has 4 aromatic rings. The lowest BCUT2D eigenvalue weighted by Crippen LogP contribution is -2.21. The first-order chi connectivity index (χ1) is 16.4. The van der Waals surface area contributed by atoms with Gasteiger partial charge < -0.3 is 10.1 Å². The monoisotopic (exact) mass is 531 g/mol. The van der Waals surface area contributed by atoms with E-state index in [0.717, 1.165) is 21.6 Å². The summed E-state index contributed by atoms with van der Waals surface area (Å²) in [7, 11) is 1.35. The maximum Gasteiger partial charge on any atom is 0.341 e. The van der Waals surface area contributed by atoms with Gasteiger partial charge in [0.15, 0.2) is 5.11 Å². The molecule has 0 saturated carbocycles. The summed E-state index contributed by atoms with van der Waals surface area (Å²) in [5.74, 6) is -0.163. The fourth-order valence-electron chi connectivity index (χ4n) is 3.39. The van der Waals surface area contributed by atoms with Gasteiger partial charge in [0.05, 0.1) is 13.7 Å². The molecule has 2 heterocycles. The maximum absolute atomic E-state index is 12.6. The van der Waals surface area contributed by atoms with Crippen LogP contribution in [0.15, 0.2) is 54.9 Å². The number of hydrogen-bond acceptors (Lipinski definition) is 6. The molecule has 0 fully saturated rings. The van der Waals surface area contributed by atoms with Crippen molar-refractivity contribution in [1.82, 2.24) is 14.8 Å². The highest BCUT2D eigenvalue weighted by molar-refractivity contribution is 7.80. The lowest BCUT2D eigenvalue weighted by molar-refractivity contribution is 0.0603. The van der Waals surface area contributed by atoms with Crippen LogP contribution < -0.4 is 10.6 Å². The number of aryl methyl sites for hydroxylation is 1. The van der Waals surface area contributed by atoms with Gasteiger partial charge in [-0.3, -0.25) is 5.32 Å². The third-order valence-corrected chi connectivity index (χ3v) is 6.84. The number of carbonyl (C=O) groups excluding carboxylic acids is 1. The number of rotatable bonds is 6. The lowest BCUT2D eigenvalue weighted by Gasteiger charge is -2.10. The molecule has 0 amide bonds. The van der Waals surface area contributed by atoms with Crippen LogP contribution in [0.4, 0.5) is 10.9 Å². The van der Waals surface area contributed by atoms with Crippen LogP contribution in [0.1, 0.15) is 20.8 Å². The molecule has 174 valence electrons. The van der Waals surface area contributed by atoms with Crippen molar-refractivity contribution in [1.29, 1.82) is 0 Å². The largest absolute Gasteiger partial charge is 0.465 e. The number of anilines is 2. The number of nitrogens with one attached hydrogen (secondary N) is 2. The smallest absolute Gasteiger partial charge is 0.341 e. The second-order valence-corrected chi connectivity index (χ2v) is 9.59. The third-order valence-electron chi connectivity index (χ3n) is 4.91. The number of thiocarbonyl (C=S) groups is 1. The number of ether oxygens (including phenoxy) is 1. The van der Waals surface area contributed by atoms with E-state index in [9.17, 15) is 4.79 Å². The van der Waals surface area contributed by atoms with Crippen molar-refractivity contribution < 1.29 is 9.53 Å². The van der Waals surface area contributed by atoms with Crippen molar-refractivity contribution in [2.45, 2.75) is 13.5 Å². The summed E-state index contributed by atoms with van der Waals surface area (Å²) in [4.78, 5) is 17.8. The fourth-order valence-corrected chi connectivity index (χ4v) is 5.23. The topological polar surface area (TPSA) is 81.1 Å². The molecule has 4 rings (SSSR count). The summed E-state index contributed by atoms with van der Waals surface area (Å²) in [5.41, 5.74) is 2.89. The van der Waals surface area contributed by atoms with E-state index in [1.807, 2.05) is 37.3 Å². The summed E-state index contributed by atoms with van der Waals surface area (Å²) in [6.07, 6.45) is 1.55. The highest BCUT2D eigenvalue weighted by atomic mass is 35.5. The summed E-state index contributed by atoms with van der Waals surface area (Å²) >= 11 is 19.4. The minimum atomic E-state index is -0.451. The fraction of sp³-hybridized carbons (Fsp3) is 0.130. The normalized spacial score (nSPS) is 10.7. The first-order valence-electron chi connectivity index (χ1n) is 10.0. The molecule has 0 spiro atoms. The van der Waals surface area contributed by atoms with Gasteiger partial charge in [-0.15, -0.1) is 16.4 Å². The Morgan fingerprint density at radius 1 is 1.12 bits per heavy atom. The molecule has 0 unspecified atom stereocenters. The second kappa shape index (κ2) is 10.5. The number of esters is 1. The molecule has 0 aliphatic heterocycles. The van der Waals surface area contributed by atoms with E-state index in [4.69, 9.17) is 40.2 Å². The molecule has 2 aromatic carbocycles. The van der Waals surface area contributed by atoms with Gasteiger partial charge in [-0.2, -0.15) is 0 Å². The molecule has 7 nitrogen and oxygen atoms in total. The molecular formula is C23H19Cl2N5O2S2. The standard InChI is InChI=1S/C23H19Cl2N5O2S2/c1-13-18(14-7-4-3-5-8-14)19(21(31)32-2)20(34-13)27-23(33)28-22-26-12-30(29-22)11-15-16(24)9-6-10-17(15)25/h3-10,12H,11H2,1-2H3,(H2,27,28,29,33). The molecule has 0 aliphatic carbocycles. The van der Waals surface area contributed by atoms with Gasteiger partial charge in [-0.1, -0.05) is 59.6 Å². The van der Waals surface area contributed by atoms with Gasteiger partial charge in [0, 0.05) is 26.0 Å². The number of nitrogens with zero attached hydrogens (tertiary/aromatic N) is 3. The van der Waals surface area contributed by atoms with Crippen LogP contribution in [0.2, 0.25) is 10.0 Å². The molecular weight excluding hydrogens is 513 g/mol. The van der Waals surface area contributed by atoms with E-state index in [0.29, 0.717) is 27.2 Å². The Labute approximate surface area is 215 Å². The average Bonchev–Trinajstić information content (AvgIpc) is 3.39. The first kappa shape index (κ1) is 24.2. The molecule has 2 N–H and O–H groups in total. The van der Waals surface area contributed by atoms with Gasteiger partial charge in [-0.05, 0) is 36.8 Å². The number of aromatic nitrogens is 3. The molecule has 0 radical (unpaired) electrons. The van der Waals surface area contributed by atoms with Gasteiger partial charge in [-0.25, -0.2) is 14.5 Å². The zero-order chi connectivity index (χ0) is 24.2. The SMILES string of the molecule is COC(=O)c1c(NC(=S)Nc2ncn(Cc3c(Cl)cccc3Cl)n2)sc(C)c1-c1ccccc1. The lowest BCUT2D eigenvalue weighted by atomic mass is 10.0. The predicted molar refractivity (Wildman–Crippen MR) is 141 cm³/mol. The minimum Gasteiger partial charge on any atom is -0.465 e. The second-order valence-electron chi connectivity index (χ2n) is 7.14. The van der Waals surface area contributed by atoms with Gasteiger partial charge in [0.1, 0.15) is 16.9 Å². The molecule has 0 bridgehead atoms. The average molecular weight is 532 g/mol. The van der Waals surface area contributed by atoms with Crippen LogP contribution in [0.3, 0.4) is 0 Å². The van der Waals surface area contributed by atoms with Crippen LogP contribution in [0, 0.1) is 6.92 Å². The van der Waals surface area contributed by atoms with E-state index in [1.54, 1.807) is 29.2 Å². The Kier molecular flexibility index (Phi) is 7.47. The highest BCUT2D eigenvalue weighted by Gasteiger charge is 2.24. The Morgan fingerprint density at radius 2 is 1.82 bits per heavy atom. The summed E-state index contributed by atoms with van der Waals surface area (Å²) < 4.78 is 6.64. The Hall–Kier alpha value is -2.98. The molecule has 34 heavy (non-hydrogen) atoms. The van der Waals surface area contributed by atoms with Crippen molar-refractivity contribution in [3.05, 3.63) is 80.9 Å². The van der Waals surface area contributed by atoms with Crippen molar-refractivity contribution in [2.75, 3.05) is 17.7 Å². The first-order valence-corrected chi connectivity index (χ1v) is 12.0. The van der Waals surface area contributed by atoms with Gasteiger partial charge >= 0.3 is 5.97 Å². The number of methoxy groups -OCH3 is 1. The van der Waals surface area contributed by atoms with E-state index in [-0.39, 0.29) is 11.1 Å². The van der Waals surface area contributed by atoms with Crippen LogP contribution in [0.5, 0.6) is 0 Å². The number of halogens is 2. The van der Waals surface area contributed by atoms with E-state index < -0.39 is 5.97 Å². The summed E-state index contributed by atoms with van der Waals surface area (Å²) in [6, 6.07) is 15.0. The number of hydrogen-bond donors (Lipinski definition) is 2. The minimum absolute atomic E-state index is 0.236. The Bertz CT molecular complexity index is 1330. The number of benzene rings is 2. The maximum atomic E-state index is 12.6. The van der Waals surface area contributed by atoms with Crippen molar-refractivity contribution >= 4 is 68.8 Å². The summed E-state index contributed by atoms with van der Waals surface area (Å²) in [6.45, 7) is 2.30. The van der Waals surface area contributed by atoms with Gasteiger partial charge in [0.2, 0.25) is 5.95 Å². The molecule has 11 heteroatoms. The van der Waals surface area contributed by atoms with Crippen molar-refractivity contribution in [3.8, 4) is 11.1 Å². The van der Waals surface area contributed by atoms with E-state index >= 15 is 0 Å². The van der Waals surface area contributed by atoms with E-state index in [1.165, 1.54) is 18.4 Å². The van der Waals surface area contributed by atoms with Crippen molar-refractivity contribution in [2.24, 2.45) is 0 Å². The van der Waals surface area contributed by atoms with Crippen LogP contribution in [0.25, 0.3) is 11.1 Å². The van der Waals surface area contributed by atoms with Gasteiger partial charge in [0.25, 0.3) is 0 Å². The van der Waals surface area contributed by atoms with Crippen LogP contribution >= 0.6 is 46.8 Å². The quantitative estimate of drug-likeness (QED) is 0.224. The Morgan fingerprint density at radius 3 is 2.50 bits per heavy atom. The Balaban J connectivity index is 1.52. The van der Waals surface area contributed by atoms with Crippen LogP contribution in [-0.2, 0) is 11.3 Å². The molecule has 0 aliphatic rings. The number of carbonyl (C=O) groups is 1. The molecule has 0 saturated heterocycles. The molecule has 2 aromatic heterocycles. The molecule has 0 atom stereocenters. The van der Waals surface area contributed by atoms with Crippen molar-refractivity contribution in [3.63, 3.8) is 0 Å². The number of thiophene rings is 1. The zero-order valence-corrected chi connectivity index (χ0v) is 21.3. The zero-order valence-electron chi connectivity index (χ0n) is 18.1. The van der Waals surface area contributed by atoms with E-state index in [2.05, 4.69) is 20.7 Å². The van der Waals surface area contributed by atoms with Crippen LogP contribution in [-0.4, -0.2) is 33.0 Å². The third kappa shape index (κ3) is 5.23. The predicted octanol–water partition coefficient (Wildman–Crippen LogP) is 6.27. The highest BCUT2D eigenvalue weighted by Crippen LogP contribution is 2.40. The summed E-state index contributed by atoms with van der Waals surface area (Å²) in [5, 5.41) is 12.3.